The topological polar surface area (TPSA) is 47.6 Å². The number of carbonyl (C=O) groups is 1. The first kappa shape index (κ1) is 18.2. The van der Waals surface area contributed by atoms with Crippen LogP contribution in [0.4, 0.5) is 4.39 Å². The summed E-state index contributed by atoms with van der Waals surface area (Å²) in [5.74, 6) is 0.285. The highest BCUT2D eigenvalue weighted by Crippen LogP contribution is 2.42. The number of rotatable bonds is 4. The smallest absolute Gasteiger partial charge is 0.222 e. The van der Waals surface area contributed by atoms with Gasteiger partial charge in [-0.25, -0.2) is 4.39 Å². The number of methoxy groups -OCH3 is 1. The highest BCUT2D eigenvalue weighted by Gasteiger charge is 2.41. The largest absolute Gasteiger partial charge is 0.494 e. The Morgan fingerprint density at radius 3 is 2.80 bits per heavy atom. The molecule has 1 aromatic carbocycles. The van der Waals surface area contributed by atoms with Gasteiger partial charge in [0.25, 0.3) is 0 Å². The number of benzene rings is 1. The molecule has 5 heteroatoms. The summed E-state index contributed by atoms with van der Waals surface area (Å²) in [6.45, 7) is 3.82. The van der Waals surface area contributed by atoms with Gasteiger partial charge in [-0.2, -0.15) is 0 Å². The van der Waals surface area contributed by atoms with Crippen molar-refractivity contribution in [2.45, 2.75) is 64.2 Å². The number of carbonyl (C=O) groups excluding carboxylic acids is 1. The number of amides is 1. The maximum Gasteiger partial charge on any atom is 0.222 e. The summed E-state index contributed by atoms with van der Waals surface area (Å²) < 4.78 is 25.2. The quantitative estimate of drug-likeness (QED) is 0.894. The molecule has 1 heterocycles. The van der Waals surface area contributed by atoms with Crippen LogP contribution in [0.15, 0.2) is 18.2 Å². The van der Waals surface area contributed by atoms with Crippen LogP contribution in [-0.4, -0.2) is 25.2 Å². The fourth-order valence-corrected chi connectivity index (χ4v) is 4.03. The Kier molecular flexibility index (Phi) is 5.62. The van der Waals surface area contributed by atoms with Crippen molar-refractivity contribution >= 4 is 5.91 Å². The molecule has 2 fully saturated rings. The van der Waals surface area contributed by atoms with Gasteiger partial charge < -0.3 is 14.8 Å². The Balaban J connectivity index is 1.82. The summed E-state index contributed by atoms with van der Waals surface area (Å²) in [6, 6.07) is 5.00. The SMILES string of the molecule is COc1cc([C@H]2C[C@@H](NC(=O)C(C)C)[C@@H]3CCCC[C@H]3O2)ccc1F. The highest BCUT2D eigenvalue weighted by molar-refractivity contribution is 5.78. The Labute approximate surface area is 149 Å². The molecule has 1 saturated heterocycles. The summed E-state index contributed by atoms with van der Waals surface area (Å²) in [5.41, 5.74) is 0.908. The minimum atomic E-state index is -0.373. The molecular weight excluding hydrogens is 321 g/mol. The standard InChI is InChI=1S/C20H28FNO3/c1-12(2)20(23)22-16-11-18(25-17-7-5-4-6-14(16)17)13-8-9-15(21)19(10-13)24-3/h8-10,12,14,16-18H,4-7,11H2,1-3H3,(H,22,23)/t14-,16+,17+,18+/m0/s1. The Bertz CT molecular complexity index is 619. The third kappa shape index (κ3) is 3.97. The van der Waals surface area contributed by atoms with Crippen molar-refractivity contribution in [3.63, 3.8) is 0 Å². The second kappa shape index (κ2) is 7.73. The first-order valence-electron chi connectivity index (χ1n) is 9.29. The molecule has 1 aliphatic carbocycles. The molecule has 0 spiro atoms. The molecule has 3 rings (SSSR count). The van der Waals surface area contributed by atoms with Crippen molar-refractivity contribution in [2.75, 3.05) is 7.11 Å². The lowest BCUT2D eigenvalue weighted by Crippen LogP contribution is -2.52. The van der Waals surface area contributed by atoms with Gasteiger partial charge in [-0.05, 0) is 37.0 Å². The van der Waals surface area contributed by atoms with Gasteiger partial charge in [0.1, 0.15) is 0 Å². The van der Waals surface area contributed by atoms with E-state index in [9.17, 15) is 9.18 Å². The van der Waals surface area contributed by atoms with E-state index in [1.54, 1.807) is 12.1 Å². The van der Waals surface area contributed by atoms with E-state index < -0.39 is 0 Å². The van der Waals surface area contributed by atoms with Crippen LogP contribution in [0.5, 0.6) is 5.75 Å². The first-order valence-corrected chi connectivity index (χ1v) is 9.29. The van der Waals surface area contributed by atoms with Crippen LogP contribution in [0, 0.1) is 17.7 Å². The molecule has 0 unspecified atom stereocenters. The molecule has 25 heavy (non-hydrogen) atoms. The number of fused-ring (bicyclic) bond motifs is 1. The normalized spacial score (nSPS) is 29.2. The number of hydrogen-bond donors (Lipinski definition) is 1. The average Bonchev–Trinajstić information content (AvgIpc) is 2.61. The van der Waals surface area contributed by atoms with Gasteiger partial charge in [-0.3, -0.25) is 4.79 Å². The van der Waals surface area contributed by atoms with E-state index in [1.165, 1.54) is 19.6 Å². The van der Waals surface area contributed by atoms with Gasteiger partial charge in [0.05, 0.1) is 19.3 Å². The highest BCUT2D eigenvalue weighted by atomic mass is 19.1. The lowest BCUT2D eigenvalue weighted by atomic mass is 9.76. The van der Waals surface area contributed by atoms with Crippen LogP contribution in [0.1, 0.15) is 57.6 Å². The van der Waals surface area contributed by atoms with E-state index in [2.05, 4.69) is 5.32 Å². The molecule has 1 aliphatic heterocycles. The fraction of sp³-hybridized carbons (Fsp3) is 0.650. The molecule has 4 nitrogen and oxygen atoms in total. The van der Waals surface area contributed by atoms with Crippen molar-refractivity contribution in [2.24, 2.45) is 11.8 Å². The van der Waals surface area contributed by atoms with E-state index in [-0.39, 0.29) is 41.6 Å². The van der Waals surface area contributed by atoms with Crippen molar-refractivity contribution in [3.8, 4) is 5.75 Å². The van der Waals surface area contributed by atoms with Gasteiger partial charge in [0.2, 0.25) is 5.91 Å². The molecule has 2 aliphatic rings. The summed E-state index contributed by atoms with van der Waals surface area (Å²) >= 11 is 0. The zero-order chi connectivity index (χ0) is 18.0. The number of nitrogens with one attached hydrogen (secondary N) is 1. The Morgan fingerprint density at radius 2 is 2.08 bits per heavy atom. The predicted molar refractivity (Wildman–Crippen MR) is 93.9 cm³/mol. The second-order valence-electron chi connectivity index (χ2n) is 7.51. The summed E-state index contributed by atoms with van der Waals surface area (Å²) in [5, 5.41) is 3.23. The van der Waals surface area contributed by atoms with Gasteiger partial charge in [0, 0.05) is 17.9 Å². The predicted octanol–water partition coefficient (Wildman–Crippen LogP) is 4.00. The summed E-state index contributed by atoms with van der Waals surface area (Å²) in [4.78, 5) is 12.3. The van der Waals surface area contributed by atoms with Crippen LogP contribution >= 0.6 is 0 Å². The number of halogens is 1. The average molecular weight is 349 g/mol. The Hall–Kier alpha value is -1.62. The molecule has 138 valence electrons. The third-order valence-electron chi connectivity index (χ3n) is 5.48. The second-order valence-corrected chi connectivity index (χ2v) is 7.51. The van der Waals surface area contributed by atoms with Crippen LogP contribution in [-0.2, 0) is 9.53 Å². The van der Waals surface area contributed by atoms with Crippen molar-refractivity contribution < 1.29 is 18.7 Å². The minimum absolute atomic E-state index is 0.0331. The number of ether oxygens (including phenoxy) is 2. The first-order chi connectivity index (χ1) is 12.0. The Morgan fingerprint density at radius 1 is 1.32 bits per heavy atom. The molecule has 1 aromatic rings. The van der Waals surface area contributed by atoms with E-state index >= 15 is 0 Å². The van der Waals surface area contributed by atoms with Crippen LogP contribution < -0.4 is 10.1 Å². The molecule has 0 radical (unpaired) electrons. The van der Waals surface area contributed by atoms with Crippen molar-refractivity contribution in [1.82, 2.24) is 5.32 Å². The zero-order valence-corrected chi connectivity index (χ0v) is 15.3. The maximum atomic E-state index is 13.7. The van der Waals surface area contributed by atoms with Crippen LogP contribution in [0.25, 0.3) is 0 Å². The molecular formula is C20H28FNO3. The minimum Gasteiger partial charge on any atom is -0.494 e. The summed E-state index contributed by atoms with van der Waals surface area (Å²) in [7, 11) is 1.47. The zero-order valence-electron chi connectivity index (χ0n) is 15.3. The molecule has 1 amide bonds. The van der Waals surface area contributed by atoms with Gasteiger partial charge in [-0.1, -0.05) is 32.8 Å². The lowest BCUT2D eigenvalue weighted by molar-refractivity contribution is -0.135. The van der Waals surface area contributed by atoms with Crippen molar-refractivity contribution in [1.29, 1.82) is 0 Å². The maximum absolute atomic E-state index is 13.7. The van der Waals surface area contributed by atoms with E-state index in [0.717, 1.165) is 24.8 Å². The lowest BCUT2D eigenvalue weighted by Gasteiger charge is -2.45. The van der Waals surface area contributed by atoms with Crippen molar-refractivity contribution in [3.05, 3.63) is 29.6 Å². The molecule has 0 bridgehead atoms. The molecule has 1 saturated carbocycles. The van der Waals surface area contributed by atoms with Gasteiger partial charge in [-0.15, -0.1) is 0 Å². The third-order valence-corrected chi connectivity index (χ3v) is 5.48. The van der Waals surface area contributed by atoms with Gasteiger partial charge in [0.15, 0.2) is 11.6 Å². The van der Waals surface area contributed by atoms with Crippen LogP contribution in [0.2, 0.25) is 0 Å². The van der Waals surface area contributed by atoms with E-state index in [0.29, 0.717) is 12.3 Å². The van der Waals surface area contributed by atoms with Crippen LogP contribution in [0.3, 0.4) is 0 Å². The fourth-order valence-electron chi connectivity index (χ4n) is 4.03. The molecule has 4 atom stereocenters. The monoisotopic (exact) mass is 349 g/mol. The van der Waals surface area contributed by atoms with E-state index in [1.807, 2.05) is 13.8 Å². The molecule has 0 aromatic heterocycles. The summed E-state index contributed by atoms with van der Waals surface area (Å²) in [6.07, 6.45) is 5.18. The van der Waals surface area contributed by atoms with E-state index in [4.69, 9.17) is 9.47 Å². The number of hydrogen-bond acceptors (Lipinski definition) is 3. The molecule has 1 N–H and O–H groups in total. The van der Waals surface area contributed by atoms with Gasteiger partial charge >= 0.3 is 0 Å².